The molecule has 1 saturated carbocycles. The van der Waals surface area contributed by atoms with Crippen molar-refractivity contribution in [3.05, 3.63) is 70.8 Å². The molecule has 0 spiro atoms. The fourth-order valence-corrected chi connectivity index (χ4v) is 6.56. The first kappa shape index (κ1) is 32.6. The van der Waals surface area contributed by atoms with Crippen LogP contribution >= 0.6 is 11.6 Å². The highest BCUT2D eigenvalue weighted by Crippen LogP contribution is 2.27. The normalized spacial score (nSPS) is 24.6. The number of carbonyl (C=O) groups is 5. The summed E-state index contributed by atoms with van der Waals surface area (Å²) in [6, 6.07) is 6.83. The Labute approximate surface area is 268 Å². The van der Waals surface area contributed by atoms with E-state index >= 15 is 0 Å². The van der Waals surface area contributed by atoms with Crippen LogP contribution in [-0.2, 0) is 35.1 Å². The van der Waals surface area contributed by atoms with Crippen LogP contribution in [0.3, 0.4) is 0 Å². The third-order valence-corrected chi connectivity index (χ3v) is 9.12. The van der Waals surface area contributed by atoms with Crippen molar-refractivity contribution in [3.63, 3.8) is 0 Å². The number of carbonyl (C=O) groups excluding carboxylic acids is 5. The number of hydrogen-bond acceptors (Lipinski definition) is 6. The summed E-state index contributed by atoms with van der Waals surface area (Å²) < 4.78 is 5.86. The van der Waals surface area contributed by atoms with Crippen LogP contribution in [-0.4, -0.2) is 66.8 Å². The number of ketones is 1. The quantitative estimate of drug-likeness (QED) is 0.275. The summed E-state index contributed by atoms with van der Waals surface area (Å²) in [5, 5.41) is 11.8. The van der Waals surface area contributed by atoms with Gasteiger partial charge in [0.15, 0.2) is 0 Å². The van der Waals surface area contributed by atoms with Gasteiger partial charge >= 0.3 is 0 Å². The second-order valence-electron chi connectivity index (χ2n) is 12.3. The lowest BCUT2D eigenvalue weighted by molar-refractivity contribution is -0.142. The van der Waals surface area contributed by atoms with Crippen molar-refractivity contribution < 1.29 is 28.7 Å². The molecule has 45 heavy (non-hydrogen) atoms. The first-order valence-electron chi connectivity index (χ1n) is 15.9. The third-order valence-electron chi connectivity index (χ3n) is 8.88. The maximum atomic E-state index is 13.9. The van der Waals surface area contributed by atoms with Gasteiger partial charge in [0, 0.05) is 30.0 Å². The van der Waals surface area contributed by atoms with Gasteiger partial charge in [-0.1, -0.05) is 67.3 Å². The molecule has 5 rings (SSSR count). The van der Waals surface area contributed by atoms with Crippen molar-refractivity contribution in [2.45, 2.75) is 82.0 Å². The smallest absolute Gasteiger partial charge is 0.289 e. The monoisotopic (exact) mass is 636 g/mol. The van der Waals surface area contributed by atoms with E-state index in [9.17, 15) is 24.0 Å². The lowest BCUT2D eigenvalue weighted by atomic mass is 9.89. The molecule has 10 nitrogen and oxygen atoms in total. The second-order valence-corrected chi connectivity index (χ2v) is 12.7. The number of nitrogens with one attached hydrogen (secondary N) is 4. The van der Waals surface area contributed by atoms with Crippen LogP contribution in [0.4, 0.5) is 0 Å². The van der Waals surface area contributed by atoms with Gasteiger partial charge in [-0.2, -0.15) is 0 Å². The number of amides is 4. The Balaban J connectivity index is 1.33. The van der Waals surface area contributed by atoms with E-state index < -0.39 is 47.4 Å². The minimum absolute atomic E-state index is 0.00887. The molecule has 1 saturated heterocycles. The van der Waals surface area contributed by atoms with Crippen LogP contribution in [0.1, 0.15) is 56.9 Å². The van der Waals surface area contributed by atoms with Gasteiger partial charge in [0.1, 0.15) is 12.1 Å². The number of hydrogen-bond donors (Lipinski definition) is 4. The molecule has 240 valence electrons. The van der Waals surface area contributed by atoms with Crippen LogP contribution < -0.4 is 21.3 Å². The van der Waals surface area contributed by atoms with Gasteiger partial charge in [-0.15, -0.1) is 0 Å². The van der Waals surface area contributed by atoms with E-state index in [0.29, 0.717) is 18.0 Å². The van der Waals surface area contributed by atoms with Gasteiger partial charge in [-0.3, -0.25) is 24.0 Å². The summed E-state index contributed by atoms with van der Waals surface area (Å²) in [6.45, 7) is 0.669. The number of rotatable bonds is 11. The van der Waals surface area contributed by atoms with E-state index in [1.54, 1.807) is 18.2 Å². The van der Waals surface area contributed by atoms with Gasteiger partial charge in [0.2, 0.25) is 23.5 Å². The van der Waals surface area contributed by atoms with Crippen molar-refractivity contribution in [1.29, 1.82) is 0 Å². The van der Waals surface area contributed by atoms with E-state index in [1.807, 2.05) is 36.4 Å². The largest absolute Gasteiger partial charge is 0.368 e. The van der Waals surface area contributed by atoms with Gasteiger partial charge < -0.3 is 26.0 Å². The number of halogens is 1. The van der Waals surface area contributed by atoms with E-state index in [0.717, 1.165) is 49.7 Å². The zero-order valence-electron chi connectivity index (χ0n) is 25.3. The predicted molar refractivity (Wildman–Crippen MR) is 169 cm³/mol. The fourth-order valence-electron chi connectivity index (χ4n) is 6.36. The minimum atomic E-state index is -1.23. The maximum Gasteiger partial charge on any atom is 0.289 e. The van der Waals surface area contributed by atoms with Gasteiger partial charge in [-0.25, -0.2) is 0 Å². The molecule has 1 aromatic rings. The highest BCUT2D eigenvalue weighted by molar-refractivity contribution is 6.38. The molecule has 2 fully saturated rings. The number of fused-ring (bicyclic) bond motifs is 1. The number of ether oxygens (including phenoxy) is 1. The van der Waals surface area contributed by atoms with E-state index in [2.05, 4.69) is 21.3 Å². The van der Waals surface area contributed by atoms with Crippen LogP contribution in [0.5, 0.6) is 0 Å². The number of Topliss-reactive ketones (excluding diaryl/α,β-unsaturated/α-hetero) is 1. The molecule has 4 N–H and O–H groups in total. The average molecular weight is 637 g/mol. The van der Waals surface area contributed by atoms with Crippen LogP contribution in [0.15, 0.2) is 65.2 Å². The van der Waals surface area contributed by atoms with Crippen molar-refractivity contribution in [1.82, 2.24) is 21.3 Å². The molecule has 11 heteroatoms. The predicted octanol–water partition coefficient (Wildman–Crippen LogP) is 2.77. The standard InChI is InChI=1S/C34H41ClN4O6/c35-25-13-14-29-23(18-25)17-24(20-45-29)32(42)39-28(16-21-8-3-1-4-9-21)33(43)38-27(19-22-10-7-15-36-31(22)41)30(40)34(44)37-26-11-5-2-6-12-26/h1,3-4,8-9,13-14,17-18,22,24,26-29H,2,5-7,10-12,15-16,19-20H2,(H,36,41)(H,37,44)(H,38,43)(H,39,42)/t22-,24?,27?,28-,29?/m0/s1. The Morgan fingerprint density at radius 3 is 2.51 bits per heavy atom. The lowest BCUT2D eigenvalue weighted by Gasteiger charge is -2.30. The molecular weight excluding hydrogens is 596 g/mol. The topological polar surface area (TPSA) is 143 Å². The minimum Gasteiger partial charge on any atom is -0.368 e. The summed E-state index contributed by atoms with van der Waals surface area (Å²) in [5.74, 6) is -3.98. The number of allylic oxidation sites excluding steroid dienone is 2. The SMILES string of the molecule is O=C(NC1CCCCC1)C(=O)C(C[C@@H]1CCCNC1=O)NC(=O)[C@H](Cc1ccccc1)NC(=O)C1C=C2C=C(Cl)C=CC2OC1. The molecule has 5 atom stereocenters. The third kappa shape index (κ3) is 8.92. The Morgan fingerprint density at radius 1 is 0.978 bits per heavy atom. The van der Waals surface area contributed by atoms with E-state index in [-0.39, 0.29) is 37.5 Å². The molecule has 0 aromatic heterocycles. The van der Waals surface area contributed by atoms with Gasteiger partial charge in [0.25, 0.3) is 5.91 Å². The van der Waals surface area contributed by atoms with Crippen molar-refractivity contribution in [2.24, 2.45) is 11.8 Å². The van der Waals surface area contributed by atoms with E-state index in [4.69, 9.17) is 16.3 Å². The summed E-state index contributed by atoms with van der Waals surface area (Å²) in [6.07, 6.45) is 12.9. The number of piperidine rings is 1. The lowest BCUT2D eigenvalue weighted by Crippen LogP contribution is -2.57. The molecule has 4 amide bonds. The summed E-state index contributed by atoms with van der Waals surface area (Å²) >= 11 is 6.15. The molecule has 2 heterocycles. The van der Waals surface area contributed by atoms with Gasteiger partial charge in [0.05, 0.1) is 18.6 Å². The Bertz CT molecular complexity index is 1370. The molecular formula is C34H41ClN4O6. The summed E-state index contributed by atoms with van der Waals surface area (Å²) in [5.41, 5.74) is 1.56. The first-order chi connectivity index (χ1) is 21.8. The van der Waals surface area contributed by atoms with Crippen LogP contribution in [0, 0.1) is 11.8 Å². The Hall–Kier alpha value is -3.76. The molecule has 4 aliphatic rings. The molecule has 2 aliphatic carbocycles. The van der Waals surface area contributed by atoms with Crippen LogP contribution in [0.2, 0.25) is 0 Å². The molecule has 2 aliphatic heterocycles. The highest BCUT2D eigenvalue weighted by atomic mass is 35.5. The highest BCUT2D eigenvalue weighted by Gasteiger charge is 2.36. The van der Waals surface area contributed by atoms with Crippen LogP contribution in [0.25, 0.3) is 0 Å². The second kappa shape index (κ2) is 15.5. The van der Waals surface area contributed by atoms with Crippen molar-refractivity contribution in [3.8, 4) is 0 Å². The average Bonchev–Trinajstić information content (AvgIpc) is 3.05. The Morgan fingerprint density at radius 2 is 1.76 bits per heavy atom. The molecule has 3 unspecified atom stereocenters. The first-order valence-corrected chi connectivity index (χ1v) is 16.3. The molecule has 0 bridgehead atoms. The van der Waals surface area contributed by atoms with Gasteiger partial charge in [-0.05, 0) is 61.5 Å². The molecule has 1 aromatic carbocycles. The number of benzene rings is 1. The fraction of sp³-hybridized carbons (Fsp3) is 0.500. The zero-order valence-corrected chi connectivity index (χ0v) is 26.0. The van der Waals surface area contributed by atoms with Crippen molar-refractivity contribution in [2.75, 3.05) is 13.2 Å². The zero-order chi connectivity index (χ0) is 31.8. The summed E-state index contributed by atoms with van der Waals surface area (Å²) in [4.78, 5) is 66.7. The molecule has 0 radical (unpaired) electrons. The van der Waals surface area contributed by atoms with E-state index in [1.165, 1.54) is 0 Å². The maximum absolute atomic E-state index is 13.9. The van der Waals surface area contributed by atoms with Crippen molar-refractivity contribution >= 4 is 41.0 Å². The Kier molecular flexibility index (Phi) is 11.2. The summed E-state index contributed by atoms with van der Waals surface area (Å²) in [7, 11) is 0.